The third kappa shape index (κ3) is 6.19. The van der Waals surface area contributed by atoms with Gasteiger partial charge in [0.1, 0.15) is 0 Å². The Balaban J connectivity index is 1.56. The van der Waals surface area contributed by atoms with Crippen molar-refractivity contribution < 1.29 is 17.9 Å². The summed E-state index contributed by atoms with van der Waals surface area (Å²) < 4.78 is 28.3. The Bertz CT molecular complexity index is 604. The molecule has 1 heterocycles. The molecule has 1 fully saturated rings. The lowest BCUT2D eigenvalue weighted by molar-refractivity contribution is 0.0644. The predicted octanol–water partition coefficient (Wildman–Crippen LogP) is 1.64. The summed E-state index contributed by atoms with van der Waals surface area (Å²) in [5, 5.41) is 5.42. The van der Waals surface area contributed by atoms with Crippen LogP contribution in [0.25, 0.3) is 0 Å². The first-order valence-electron chi connectivity index (χ1n) is 7.87. The van der Waals surface area contributed by atoms with Crippen LogP contribution in [0.3, 0.4) is 0 Å². The Morgan fingerprint density at radius 3 is 2.74 bits per heavy atom. The Kier molecular flexibility index (Phi) is 6.41. The fraction of sp³-hybridized carbons (Fsp3) is 0.562. The second-order valence-electron chi connectivity index (χ2n) is 5.78. The minimum Gasteiger partial charge on any atom is -0.374 e. The number of hydrogen-bond donors (Lipinski definition) is 2. The van der Waals surface area contributed by atoms with E-state index in [0.717, 1.165) is 5.56 Å². The molecule has 0 aromatic heterocycles. The minimum atomic E-state index is -2.97. The van der Waals surface area contributed by atoms with E-state index in [4.69, 9.17) is 4.74 Å². The number of rotatable bonds is 7. The Labute approximate surface area is 137 Å². The van der Waals surface area contributed by atoms with Crippen LogP contribution in [0.4, 0.5) is 4.79 Å². The zero-order valence-corrected chi connectivity index (χ0v) is 14.1. The molecule has 1 aliphatic heterocycles. The molecule has 2 atom stereocenters. The maximum atomic E-state index is 11.7. The van der Waals surface area contributed by atoms with Gasteiger partial charge in [-0.15, -0.1) is 0 Å². The molecule has 23 heavy (non-hydrogen) atoms. The highest BCUT2D eigenvalue weighted by atomic mass is 32.2. The van der Waals surface area contributed by atoms with Crippen molar-refractivity contribution in [2.75, 3.05) is 24.7 Å². The molecular formula is C16H24N2O4S. The van der Waals surface area contributed by atoms with Gasteiger partial charge in [0.05, 0.1) is 17.6 Å². The Morgan fingerprint density at radius 1 is 1.35 bits per heavy atom. The van der Waals surface area contributed by atoms with Crippen LogP contribution in [0, 0.1) is 0 Å². The Morgan fingerprint density at radius 2 is 2.09 bits per heavy atom. The Hall–Kier alpha value is -1.60. The first kappa shape index (κ1) is 17.7. The van der Waals surface area contributed by atoms with Crippen LogP contribution in [0.15, 0.2) is 30.3 Å². The topological polar surface area (TPSA) is 84.5 Å². The second-order valence-corrected chi connectivity index (χ2v) is 8.01. The van der Waals surface area contributed by atoms with Gasteiger partial charge in [-0.1, -0.05) is 30.3 Å². The molecule has 0 aliphatic carbocycles. The van der Waals surface area contributed by atoms with Crippen LogP contribution >= 0.6 is 0 Å². The van der Waals surface area contributed by atoms with Crippen molar-refractivity contribution in [2.24, 2.45) is 0 Å². The summed E-state index contributed by atoms with van der Waals surface area (Å²) in [5.41, 5.74) is 1.13. The van der Waals surface area contributed by atoms with Gasteiger partial charge in [-0.3, -0.25) is 0 Å². The molecule has 128 valence electrons. The fourth-order valence-electron chi connectivity index (χ4n) is 2.50. The van der Waals surface area contributed by atoms with Crippen LogP contribution in [0.5, 0.6) is 0 Å². The quantitative estimate of drug-likeness (QED) is 0.739. The zero-order valence-electron chi connectivity index (χ0n) is 13.3. The molecule has 1 saturated heterocycles. The molecule has 6 nitrogen and oxygen atoms in total. The average molecular weight is 340 g/mol. The van der Waals surface area contributed by atoms with E-state index in [2.05, 4.69) is 10.6 Å². The molecule has 0 radical (unpaired) electrons. The van der Waals surface area contributed by atoms with E-state index in [1.54, 1.807) is 0 Å². The van der Waals surface area contributed by atoms with E-state index in [-0.39, 0.29) is 29.7 Å². The summed E-state index contributed by atoms with van der Waals surface area (Å²) in [5.74, 6) is 0.196. The normalized spacial score (nSPS) is 20.8. The maximum absolute atomic E-state index is 11.7. The molecule has 0 unspecified atom stereocenters. The molecule has 0 saturated carbocycles. The number of ether oxygens (including phenoxy) is 1. The lowest BCUT2D eigenvalue weighted by atomic mass is 10.1. The van der Waals surface area contributed by atoms with Gasteiger partial charge in [0, 0.05) is 19.2 Å². The van der Waals surface area contributed by atoms with Crippen LogP contribution in [0.2, 0.25) is 0 Å². The van der Waals surface area contributed by atoms with E-state index in [0.29, 0.717) is 26.0 Å². The summed E-state index contributed by atoms with van der Waals surface area (Å²) >= 11 is 0. The number of urea groups is 1. The highest BCUT2D eigenvalue weighted by Crippen LogP contribution is 2.15. The van der Waals surface area contributed by atoms with Gasteiger partial charge in [-0.25, -0.2) is 13.2 Å². The SMILES string of the molecule is C[C@H](OCCCNC(=O)N[C@H]1CCS(=O)(=O)C1)c1ccccc1. The third-order valence-electron chi connectivity index (χ3n) is 3.81. The van der Waals surface area contributed by atoms with Gasteiger partial charge in [-0.2, -0.15) is 0 Å². The number of amides is 2. The fourth-order valence-corrected chi connectivity index (χ4v) is 4.17. The molecule has 0 spiro atoms. The highest BCUT2D eigenvalue weighted by molar-refractivity contribution is 7.91. The summed E-state index contributed by atoms with van der Waals surface area (Å²) in [4.78, 5) is 11.7. The number of sulfone groups is 1. The van der Waals surface area contributed by atoms with Gasteiger partial charge in [0.15, 0.2) is 9.84 Å². The van der Waals surface area contributed by atoms with Crippen molar-refractivity contribution in [1.82, 2.24) is 10.6 Å². The van der Waals surface area contributed by atoms with Gasteiger partial charge in [0.25, 0.3) is 0 Å². The summed E-state index contributed by atoms with van der Waals surface area (Å²) in [7, 11) is -2.97. The minimum absolute atomic E-state index is 0.0220. The molecule has 2 rings (SSSR count). The largest absolute Gasteiger partial charge is 0.374 e. The van der Waals surface area contributed by atoms with Crippen LogP contribution in [-0.4, -0.2) is 45.1 Å². The molecule has 1 aromatic carbocycles. The van der Waals surface area contributed by atoms with Gasteiger partial charge in [0.2, 0.25) is 0 Å². The molecule has 0 bridgehead atoms. The highest BCUT2D eigenvalue weighted by Gasteiger charge is 2.28. The molecular weight excluding hydrogens is 316 g/mol. The molecule has 7 heteroatoms. The van der Waals surface area contributed by atoms with E-state index in [9.17, 15) is 13.2 Å². The van der Waals surface area contributed by atoms with Crippen molar-refractivity contribution in [3.8, 4) is 0 Å². The van der Waals surface area contributed by atoms with Gasteiger partial charge < -0.3 is 15.4 Å². The van der Waals surface area contributed by atoms with Crippen molar-refractivity contribution in [2.45, 2.75) is 31.9 Å². The van der Waals surface area contributed by atoms with Crippen molar-refractivity contribution in [1.29, 1.82) is 0 Å². The monoisotopic (exact) mass is 340 g/mol. The molecule has 1 aromatic rings. The maximum Gasteiger partial charge on any atom is 0.315 e. The van der Waals surface area contributed by atoms with Crippen molar-refractivity contribution >= 4 is 15.9 Å². The standard InChI is InChI=1S/C16H24N2O4S/c1-13(14-6-3-2-4-7-14)22-10-5-9-17-16(19)18-15-8-11-23(20,21)12-15/h2-4,6-7,13,15H,5,8-12H2,1H3,(H2,17,18,19)/t13-,15-/m0/s1. The average Bonchev–Trinajstić information content (AvgIpc) is 2.86. The smallest absolute Gasteiger partial charge is 0.315 e. The van der Waals surface area contributed by atoms with E-state index >= 15 is 0 Å². The van der Waals surface area contributed by atoms with E-state index in [1.807, 2.05) is 37.3 Å². The predicted molar refractivity (Wildman–Crippen MR) is 89.0 cm³/mol. The third-order valence-corrected chi connectivity index (χ3v) is 5.58. The van der Waals surface area contributed by atoms with E-state index < -0.39 is 9.84 Å². The van der Waals surface area contributed by atoms with Crippen LogP contribution < -0.4 is 10.6 Å². The summed E-state index contributed by atoms with van der Waals surface area (Å²) in [6.45, 7) is 3.04. The summed E-state index contributed by atoms with van der Waals surface area (Å²) in [6.07, 6.45) is 1.22. The lowest BCUT2D eigenvalue weighted by Crippen LogP contribution is -2.43. The van der Waals surface area contributed by atoms with Crippen molar-refractivity contribution in [3.05, 3.63) is 35.9 Å². The zero-order chi connectivity index (χ0) is 16.7. The van der Waals surface area contributed by atoms with Gasteiger partial charge in [-0.05, 0) is 25.3 Å². The molecule has 1 aliphatic rings. The number of carbonyl (C=O) groups excluding carboxylic acids is 1. The van der Waals surface area contributed by atoms with Gasteiger partial charge >= 0.3 is 6.03 Å². The number of benzene rings is 1. The number of carbonyl (C=O) groups is 1. The number of nitrogens with one attached hydrogen (secondary N) is 2. The van der Waals surface area contributed by atoms with Crippen molar-refractivity contribution in [3.63, 3.8) is 0 Å². The van der Waals surface area contributed by atoms with Crippen LogP contribution in [-0.2, 0) is 14.6 Å². The lowest BCUT2D eigenvalue weighted by Gasteiger charge is -2.14. The first-order chi connectivity index (χ1) is 11.0. The van der Waals surface area contributed by atoms with E-state index in [1.165, 1.54) is 0 Å². The molecule has 2 amide bonds. The summed E-state index contributed by atoms with van der Waals surface area (Å²) in [6, 6.07) is 9.37. The number of hydrogen-bond acceptors (Lipinski definition) is 4. The second kappa shape index (κ2) is 8.31. The first-order valence-corrected chi connectivity index (χ1v) is 9.70. The van der Waals surface area contributed by atoms with Crippen LogP contribution in [0.1, 0.15) is 31.4 Å². The molecule has 2 N–H and O–H groups in total.